The second-order valence-corrected chi connectivity index (χ2v) is 10.6. The Labute approximate surface area is 203 Å². The molecule has 0 radical (unpaired) electrons. The van der Waals surface area contributed by atoms with Crippen molar-refractivity contribution >= 4 is 39.1 Å². The van der Waals surface area contributed by atoms with E-state index in [9.17, 15) is 27.9 Å². The average Bonchev–Trinajstić information content (AvgIpc) is 3.20. The zero-order valence-electron chi connectivity index (χ0n) is 19.7. The number of methoxy groups -OCH3 is 1. The van der Waals surface area contributed by atoms with Crippen molar-refractivity contribution in [1.82, 2.24) is 9.21 Å². The summed E-state index contributed by atoms with van der Waals surface area (Å²) in [5, 5.41) is 11.3. The molecule has 2 amide bonds. The summed E-state index contributed by atoms with van der Waals surface area (Å²) in [4.78, 5) is 42.7. The predicted octanol–water partition coefficient (Wildman–Crippen LogP) is 1.14. The lowest BCUT2D eigenvalue weighted by atomic mass is 9.82. The van der Waals surface area contributed by atoms with Gasteiger partial charge in [-0.3, -0.25) is 14.4 Å². The molecule has 0 aliphatic carbocycles. The molecule has 0 saturated carbocycles. The van der Waals surface area contributed by atoms with E-state index in [2.05, 4.69) is 0 Å². The Hall–Kier alpha value is -3.54. The Balaban J connectivity index is 1.97. The Morgan fingerprint density at radius 1 is 1.06 bits per heavy atom. The Kier molecular flexibility index (Phi) is 6.04. The molecule has 1 N–H and O–H groups in total. The van der Waals surface area contributed by atoms with Crippen LogP contribution in [0.1, 0.15) is 11.1 Å². The van der Waals surface area contributed by atoms with Gasteiger partial charge < -0.3 is 19.6 Å². The van der Waals surface area contributed by atoms with Crippen molar-refractivity contribution in [3.63, 3.8) is 0 Å². The van der Waals surface area contributed by atoms with E-state index in [1.807, 2.05) is 0 Å². The first-order chi connectivity index (χ1) is 16.5. The van der Waals surface area contributed by atoms with Crippen LogP contribution in [0.15, 0.2) is 59.0 Å². The van der Waals surface area contributed by atoms with Crippen molar-refractivity contribution < 1.29 is 32.6 Å². The minimum absolute atomic E-state index is 0.0173. The second-order valence-electron chi connectivity index (χ2n) is 8.41. The lowest BCUT2D eigenvalue weighted by Gasteiger charge is -2.34. The lowest BCUT2D eigenvalue weighted by Crippen LogP contribution is -2.52. The number of ketones is 1. The highest BCUT2D eigenvalue weighted by atomic mass is 32.2. The fourth-order valence-corrected chi connectivity index (χ4v) is 5.50. The largest absolute Gasteiger partial charge is 0.507 e. The molecule has 1 fully saturated rings. The van der Waals surface area contributed by atoms with Gasteiger partial charge in [0.05, 0.1) is 17.1 Å². The van der Waals surface area contributed by atoms with Crippen molar-refractivity contribution in [3.05, 3.63) is 65.2 Å². The van der Waals surface area contributed by atoms with Crippen LogP contribution in [0.25, 0.3) is 5.76 Å². The van der Waals surface area contributed by atoms with Gasteiger partial charge in [-0.1, -0.05) is 18.2 Å². The first-order valence-electron chi connectivity index (χ1n) is 10.7. The highest BCUT2D eigenvalue weighted by molar-refractivity contribution is 7.89. The number of hydrogen-bond acceptors (Lipinski definition) is 7. The van der Waals surface area contributed by atoms with Gasteiger partial charge in [-0.25, -0.2) is 12.7 Å². The number of rotatable bonds is 6. The molecule has 35 heavy (non-hydrogen) atoms. The molecule has 1 spiro atoms. The maximum absolute atomic E-state index is 13.8. The molecule has 4 rings (SSSR count). The van der Waals surface area contributed by atoms with Crippen LogP contribution < -0.4 is 4.90 Å². The molecule has 0 aromatic heterocycles. The van der Waals surface area contributed by atoms with Gasteiger partial charge in [0.1, 0.15) is 5.76 Å². The van der Waals surface area contributed by atoms with E-state index in [-0.39, 0.29) is 29.2 Å². The first kappa shape index (κ1) is 24.6. The van der Waals surface area contributed by atoms with E-state index >= 15 is 0 Å². The number of Topliss-reactive ketones (excluding diaryl/α,β-unsaturated/α-hetero) is 1. The summed E-state index contributed by atoms with van der Waals surface area (Å²) in [6.45, 7) is -0.00313. The molecular formula is C24H25N3O7S. The smallest absolute Gasteiger partial charge is 0.296 e. The zero-order valence-corrected chi connectivity index (χ0v) is 20.5. The maximum atomic E-state index is 13.8. The van der Waals surface area contributed by atoms with Gasteiger partial charge >= 0.3 is 0 Å². The molecule has 10 nitrogen and oxygen atoms in total. The molecule has 2 aliphatic heterocycles. The van der Waals surface area contributed by atoms with Crippen LogP contribution >= 0.6 is 0 Å². The molecule has 1 saturated heterocycles. The Morgan fingerprint density at radius 2 is 1.69 bits per heavy atom. The Bertz CT molecular complexity index is 1370. The van der Waals surface area contributed by atoms with Gasteiger partial charge in [0, 0.05) is 51.6 Å². The summed E-state index contributed by atoms with van der Waals surface area (Å²) in [6.07, 6.45) is 0. The SMILES string of the molecule is COCCN1C(=O)C(=O)C(=C(O)c2ccc(S(=O)(=O)N(C)C)cc2)[C@]12C(=O)N(C)c1ccccc12. The van der Waals surface area contributed by atoms with Crippen LogP contribution in [0.4, 0.5) is 5.69 Å². The fourth-order valence-electron chi connectivity index (χ4n) is 4.59. The van der Waals surface area contributed by atoms with E-state index in [1.165, 1.54) is 57.4 Å². The summed E-state index contributed by atoms with van der Waals surface area (Å²) >= 11 is 0. The number of anilines is 1. The first-order valence-corrected chi connectivity index (χ1v) is 12.1. The third-order valence-electron chi connectivity index (χ3n) is 6.36. The highest BCUT2D eigenvalue weighted by Gasteiger charge is 2.66. The summed E-state index contributed by atoms with van der Waals surface area (Å²) in [5.74, 6) is -3.09. The van der Waals surface area contributed by atoms with Crippen LogP contribution in [0, 0.1) is 0 Å². The van der Waals surface area contributed by atoms with Crippen LogP contribution in [0.3, 0.4) is 0 Å². The van der Waals surface area contributed by atoms with Crippen LogP contribution in [-0.2, 0) is 34.7 Å². The number of hydrogen-bond donors (Lipinski definition) is 1. The minimum atomic E-state index is -3.72. The number of nitrogens with zero attached hydrogens (tertiary/aromatic N) is 3. The molecular weight excluding hydrogens is 474 g/mol. The minimum Gasteiger partial charge on any atom is -0.507 e. The van der Waals surface area contributed by atoms with Crippen LogP contribution in [0.2, 0.25) is 0 Å². The molecule has 2 heterocycles. The van der Waals surface area contributed by atoms with Crippen molar-refractivity contribution in [2.24, 2.45) is 0 Å². The topological polar surface area (TPSA) is 125 Å². The number of amides is 2. The van der Waals surface area contributed by atoms with Crippen molar-refractivity contribution in [2.75, 3.05) is 46.3 Å². The normalized spacial score (nSPS) is 21.5. The van der Waals surface area contributed by atoms with E-state index < -0.39 is 38.9 Å². The second kappa shape index (κ2) is 8.59. The summed E-state index contributed by atoms with van der Waals surface area (Å²) in [7, 11) is 2.03. The predicted molar refractivity (Wildman–Crippen MR) is 127 cm³/mol. The molecule has 0 unspecified atom stereocenters. The number of carbonyl (C=O) groups excluding carboxylic acids is 3. The van der Waals surface area contributed by atoms with Gasteiger partial charge in [0.2, 0.25) is 10.0 Å². The quantitative estimate of drug-likeness (QED) is 0.359. The van der Waals surface area contributed by atoms with Crippen LogP contribution in [0.5, 0.6) is 0 Å². The third kappa shape index (κ3) is 3.38. The molecule has 2 aliphatic rings. The molecule has 184 valence electrons. The van der Waals surface area contributed by atoms with Gasteiger partial charge in [-0.2, -0.15) is 0 Å². The monoisotopic (exact) mass is 499 g/mol. The van der Waals surface area contributed by atoms with Gasteiger partial charge in [-0.15, -0.1) is 0 Å². The van der Waals surface area contributed by atoms with Gasteiger partial charge in [-0.05, 0) is 30.3 Å². The van der Waals surface area contributed by atoms with Crippen molar-refractivity contribution in [3.8, 4) is 0 Å². The van der Waals surface area contributed by atoms with E-state index in [0.29, 0.717) is 11.3 Å². The number of likely N-dealkylation sites (tertiary alicyclic amines) is 1. The number of likely N-dealkylation sites (N-methyl/N-ethyl adjacent to an activating group) is 1. The maximum Gasteiger partial charge on any atom is 0.296 e. The average molecular weight is 500 g/mol. The zero-order chi connectivity index (χ0) is 25.7. The highest BCUT2D eigenvalue weighted by Crippen LogP contribution is 2.53. The van der Waals surface area contributed by atoms with Crippen LogP contribution in [-0.4, -0.2) is 81.7 Å². The fraction of sp³-hybridized carbons (Fsp3) is 0.292. The number of sulfonamides is 1. The van der Waals surface area contributed by atoms with E-state index in [1.54, 1.807) is 24.3 Å². The number of benzene rings is 2. The number of ether oxygens (including phenoxy) is 1. The number of aliphatic hydroxyl groups excluding tert-OH is 1. The number of fused-ring (bicyclic) bond motifs is 2. The van der Waals surface area contributed by atoms with E-state index in [0.717, 1.165) is 9.21 Å². The number of aliphatic hydroxyl groups is 1. The molecule has 2 aromatic carbocycles. The Morgan fingerprint density at radius 3 is 2.29 bits per heavy atom. The summed E-state index contributed by atoms with van der Waals surface area (Å²) in [5.41, 5.74) is -1.28. The van der Waals surface area contributed by atoms with Gasteiger partial charge in [0.25, 0.3) is 17.6 Å². The number of carbonyl (C=O) groups is 3. The standard InChI is InChI=1S/C24H25N3O7S/c1-25(2)35(32,33)16-11-9-15(10-12-16)20(28)19-21(29)22(30)27(13-14-34-4)24(19)17-7-5-6-8-18(17)26(3)23(24)31/h5-12,28H,13-14H2,1-4H3/t24-/m1/s1. The molecule has 11 heteroatoms. The van der Waals surface area contributed by atoms with E-state index in [4.69, 9.17) is 4.74 Å². The molecule has 1 atom stereocenters. The van der Waals surface area contributed by atoms with Gasteiger partial charge in [0.15, 0.2) is 5.54 Å². The summed E-state index contributed by atoms with van der Waals surface area (Å²) in [6, 6.07) is 12.0. The molecule has 2 aromatic rings. The lowest BCUT2D eigenvalue weighted by molar-refractivity contribution is -0.144. The third-order valence-corrected chi connectivity index (χ3v) is 8.19. The van der Waals surface area contributed by atoms with Crippen molar-refractivity contribution in [2.45, 2.75) is 10.4 Å². The summed E-state index contributed by atoms with van der Waals surface area (Å²) < 4.78 is 31.0. The molecule has 0 bridgehead atoms. The number of para-hydroxylation sites is 1. The van der Waals surface area contributed by atoms with Crippen molar-refractivity contribution in [1.29, 1.82) is 0 Å².